The Hall–Kier alpha value is -2.79. The number of ether oxygens (including phenoxy) is 3. The lowest BCUT2D eigenvalue weighted by Crippen LogP contribution is -2.15. The summed E-state index contributed by atoms with van der Waals surface area (Å²) in [6, 6.07) is 17.5. The lowest BCUT2D eigenvalue weighted by atomic mass is 10.1. The molecule has 4 rings (SSSR count). The Balaban J connectivity index is 1.39. The van der Waals surface area contributed by atoms with Crippen LogP contribution in [0, 0.1) is 0 Å². The highest BCUT2D eigenvalue weighted by Gasteiger charge is 2.16. The van der Waals surface area contributed by atoms with E-state index in [0.717, 1.165) is 41.5 Å². The first-order valence-electron chi connectivity index (χ1n) is 7.99. The largest absolute Gasteiger partial charge is 0.488 e. The molecule has 5 heteroatoms. The van der Waals surface area contributed by atoms with Crippen LogP contribution in [0.15, 0.2) is 60.8 Å². The van der Waals surface area contributed by atoms with E-state index in [2.05, 4.69) is 10.2 Å². The predicted octanol–water partition coefficient (Wildman–Crippen LogP) is 4.04. The Bertz CT molecular complexity index is 761. The van der Waals surface area contributed by atoms with Crippen molar-refractivity contribution in [2.45, 2.75) is 12.5 Å². The molecule has 0 unspecified atom stereocenters. The number of aromatic amines is 1. The molecule has 1 aromatic heterocycles. The number of benzene rings is 2. The van der Waals surface area contributed by atoms with Crippen LogP contribution in [0.5, 0.6) is 17.2 Å². The Morgan fingerprint density at radius 2 is 1.62 bits per heavy atom. The molecule has 1 aliphatic rings. The van der Waals surface area contributed by atoms with Crippen molar-refractivity contribution in [2.24, 2.45) is 0 Å². The zero-order valence-electron chi connectivity index (χ0n) is 13.1. The molecule has 122 valence electrons. The summed E-state index contributed by atoms with van der Waals surface area (Å²) in [4.78, 5) is 0. The topological polar surface area (TPSA) is 56.4 Å². The second-order valence-electron chi connectivity index (χ2n) is 5.67. The summed E-state index contributed by atoms with van der Waals surface area (Å²) in [6.45, 7) is 1.45. The summed E-state index contributed by atoms with van der Waals surface area (Å²) < 4.78 is 17.0. The summed E-state index contributed by atoms with van der Waals surface area (Å²) >= 11 is 0. The van der Waals surface area contributed by atoms with Gasteiger partial charge in [0.25, 0.3) is 0 Å². The molecular formula is C19H18N2O3. The van der Waals surface area contributed by atoms with Gasteiger partial charge in [-0.15, -0.1) is 0 Å². The number of aromatic nitrogens is 2. The van der Waals surface area contributed by atoms with Gasteiger partial charge < -0.3 is 14.2 Å². The van der Waals surface area contributed by atoms with E-state index in [1.54, 1.807) is 6.20 Å². The van der Waals surface area contributed by atoms with Crippen LogP contribution in [0.3, 0.4) is 0 Å². The molecule has 1 N–H and O–H groups in total. The highest BCUT2D eigenvalue weighted by Crippen LogP contribution is 2.27. The van der Waals surface area contributed by atoms with Gasteiger partial charge in [0.15, 0.2) is 0 Å². The highest BCUT2D eigenvalue weighted by atomic mass is 16.5. The van der Waals surface area contributed by atoms with Crippen molar-refractivity contribution in [3.05, 3.63) is 60.8 Å². The van der Waals surface area contributed by atoms with Crippen LogP contribution in [-0.4, -0.2) is 29.5 Å². The highest BCUT2D eigenvalue weighted by molar-refractivity contribution is 5.59. The van der Waals surface area contributed by atoms with E-state index in [4.69, 9.17) is 14.2 Å². The molecule has 0 aliphatic carbocycles. The van der Waals surface area contributed by atoms with Gasteiger partial charge in [-0.2, -0.15) is 5.10 Å². The van der Waals surface area contributed by atoms with Crippen LogP contribution in [-0.2, 0) is 4.74 Å². The number of hydrogen-bond donors (Lipinski definition) is 1. The van der Waals surface area contributed by atoms with Crippen LogP contribution >= 0.6 is 0 Å². The van der Waals surface area contributed by atoms with Crippen LogP contribution < -0.4 is 9.47 Å². The average molecular weight is 322 g/mol. The van der Waals surface area contributed by atoms with Gasteiger partial charge in [-0.25, -0.2) is 0 Å². The van der Waals surface area contributed by atoms with Crippen molar-refractivity contribution in [3.63, 3.8) is 0 Å². The molecular weight excluding hydrogens is 304 g/mol. The van der Waals surface area contributed by atoms with Gasteiger partial charge >= 0.3 is 0 Å². The maximum atomic E-state index is 5.87. The van der Waals surface area contributed by atoms with Gasteiger partial charge in [-0.1, -0.05) is 0 Å². The molecule has 0 amide bonds. The van der Waals surface area contributed by atoms with Gasteiger partial charge in [-0.3, -0.25) is 5.10 Å². The van der Waals surface area contributed by atoms with E-state index in [1.165, 1.54) is 0 Å². The summed E-state index contributed by atoms with van der Waals surface area (Å²) in [6.07, 6.45) is 2.84. The number of nitrogens with zero attached hydrogens (tertiary/aromatic N) is 1. The van der Waals surface area contributed by atoms with Crippen LogP contribution in [0.2, 0.25) is 0 Å². The number of rotatable bonds is 5. The van der Waals surface area contributed by atoms with Crippen molar-refractivity contribution in [1.82, 2.24) is 10.2 Å². The molecule has 1 atom stereocenters. The lowest BCUT2D eigenvalue weighted by molar-refractivity contribution is 0.141. The van der Waals surface area contributed by atoms with E-state index >= 15 is 0 Å². The van der Waals surface area contributed by atoms with Crippen molar-refractivity contribution in [1.29, 1.82) is 0 Å². The molecule has 0 radical (unpaired) electrons. The third-order valence-corrected chi connectivity index (χ3v) is 3.92. The minimum atomic E-state index is 0.159. The fourth-order valence-corrected chi connectivity index (χ4v) is 2.64. The molecule has 1 aliphatic heterocycles. The van der Waals surface area contributed by atoms with Crippen LogP contribution in [0.1, 0.15) is 6.42 Å². The normalized spacial score (nSPS) is 16.9. The van der Waals surface area contributed by atoms with Gasteiger partial charge in [0.05, 0.1) is 18.9 Å². The fourth-order valence-electron chi connectivity index (χ4n) is 2.64. The summed E-state index contributed by atoms with van der Waals surface area (Å²) in [5, 5.41) is 6.90. The van der Waals surface area contributed by atoms with Gasteiger partial charge in [0.1, 0.15) is 23.4 Å². The second kappa shape index (κ2) is 6.76. The number of nitrogens with one attached hydrogen (secondary N) is 1. The molecule has 3 aromatic rings. The Kier molecular flexibility index (Phi) is 4.16. The van der Waals surface area contributed by atoms with Crippen molar-refractivity contribution in [3.8, 4) is 28.5 Å². The smallest absolute Gasteiger partial charge is 0.127 e. The third-order valence-electron chi connectivity index (χ3n) is 3.92. The maximum absolute atomic E-state index is 5.87. The quantitative estimate of drug-likeness (QED) is 0.770. The minimum Gasteiger partial charge on any atom is -0.488 e. The first-order chi connectivity index (χ1) is 11.9. The zero-order valence-corrected chi connectivity index (χ0v) is 13.1. The fraction of sp³-hybridized carbons (Fsp3) is 0.211. The van der Waals surface area contributed by atoms with Crippen molar-refractivity contribution < 1.29 is 14.2 Å². The number of hydrogen-bond acceptors (Lipinski definition) is 4. The Morgan fingerprint density at radius 3 is 2.25 bits per heavy atom. The SMILES string of the molecule is c1cc(-c2ccc(Oc3ccc(O[C@H]4CCOC4)cc3)cc2)[nH]n1. The zero-order chi connectivity index (χ0) is 16.2. The molecule has 2 heterocycles. The van der Waals surface area contributed by atoms with Crippen molar-refractivity contribution in [2.75, 3.05) is 13.2 Å². The van der Waals surface area contributed by atoms with E-state index in [-0.39, 0.29) is 6.10 Å². The standard InChI is InChI=1S/C19H18N2O3/c1-3-15(4-2-14(1)19-9-11-20-21-19)23-16-5-7-17(8-6-16)24-18-10-12-22-13-18/h1-9,11,18H,10,12-13H2,(H,20,21)/t18-/m0/s1. The molecule has 24 heavy (non-hydrogen) atoms. The minimum absolute atomic E-state index is 0.159. The summed E-state index contributed by atoms with van der Waals surface area (Å²) in [5.74, 6) is 2.41. The van der Waals surface area contributed by atoms with Crippen LogP contribution in [0.25, 0.3) is 11.3 Å². The maximum Gasteiger partial charge on any atom is 0.127 e. The third kappa shape index (κ3) is 3.41. The van der Waals surface area contributed by atoms with E-state index in [0.29, 0.717) is 6.61 Å². The first kappa shape index (κ1) is 14.8. The molecule has 0 bridgehead atoms. The summed E-state index contributed by atoms with van der Waals surface area (Å²) in [7, 11) is 0. The first-order valence-corrected chi connectivity index (χ1v) is 7.99. The average Bonchev–Trinajstić information content (AvgIpc) is 3.31. The van der Waals surface area contributed by atoms with Gasteiger partial charge in [0.2, 0.25) is 0 Å². The summed E-state index contributed by atoms with van der Waals surface area (Å²) in [5.41, 5.74) is 2.06. The molecule has 1 fully saturated rings. The van der Waals surface area contributed by atoms with E-state index in [1.807, 2.05) is 54.6 Å². The molecule has 1 saturated heterocycles. The van der Waals surface area contributed by atoms with E-state index in [9.17, 15) is 0 Å². The van der Waals surface area contributed by atoms with Gasteiger partial charge in [0, 0.05) is 12.6 Å². The predicted molar refractivity (Wildman–Crippen MR) is 90.4 cm³/mol. The van der Waals surface area contributed by atoms with Crippen LogP contribution in [0.4, 0.5) is 0 Å². The Labute approximate surface area is 140 Å². The van der Waals surface area contributed by atoms with Crippen molar-refractivity contribution >= 4 is 0 Å². The van der Waals surface area contributed by atoms with Gasteiger partial charge in [-0.05, 0) is 60.2 Å². The Morgan fingerprint density at radius 1 is 0.917 bits per heavy atom. The molecule has 5 nitrogen and oxygen atoms in total. The monoisotopic (exact) mass is 322 g/mol. The van der Waals surface area contributed by atoms with E-state index < -0.39 is 0 Å². The second-order valence-corrected chi connectivity index (χ2v) is 5.67. The molecule has 0 saturated carbocycles. The molecule has 2 aromatic carbocycles. The lowest BCUT2D eigenvalue weighted by Gasteiger charge is -2.12. The number of H-pyrrole nitrogens is 1. The molecule has 0 spiro atoms.